The fourth-order valence-corrected chi connectivity index (χ4v) is 3.18. The first-order valence-corrected chi connectivity index (χ1v) is 8.01. The first-order chi connectivity index (χ1) is 12.4. The zero-order valence-corrected chi connectivity index (χ0v) is 13.2. The van der Waals surface area contributed by atoms with Gasteiger partial charge in [0.25, 0.3) is 5.95 Å². The highest BCUT2D eigenvalue weighted by Gasteiger charge is 2.24. The molecule has 1 N–H and O–H groups in total. The van der Waals surface area contributed by atoms with Crippen molar-refractivity contribution in [1.82, 2.24) is 15.2 Å². The average molecular weight is 323 g/mol. The van der Waals surface area contributed by atoms with Crippen molar-refractivity contribution in [1.29, 1.82) is 0 Å². The summed E-state index contributed by atoms with van der Waals surface area (Å²) in [5.74, 6) is 0.385. The normalized spacial score (nSPS) is 11.8. The van der Waals surface area contributed by atoms with Crippen molar-refractivity contribution in [2.45, 2.75) is 0 Å². The zero-order chi connectivity index (χ0) is 16.6. The second-order valence-electron chi connectivity index (χ2n) is 5.82. The molecule has 3 aromatic carbocycles. The molecule has 5 rings (SSSR count). The Morgan fingerprint density at radius 2 is 1.52 bits per heavy atom. The summed E-state index contributed by atoms with van der Waals surface area (Å²) in [7, 11) is 0. The molecule has 0 saturated carbocycles. The fraction of sp³-hybridized carbons (Fsp3) is 0. The van der Waals surface area contributed by atoms with Crippen LogP contribution in [0.4, 0.5) is 5.95 Å². The van der Waals surface area contributed by atoms with E-state index in [0.29, 0.717) is 5.95 Å². The van der Waals surface area contributed by atoms with Gasteiger partial charge in [-0.3, -0.25) is 0 Å². The number of rotatable bonds is 3. The minimum absolute atomic E-state index is 0.385. The quantitative estimate of drug-likeness (QED) is 0.401. The number of benzene rings is 3. The maximum Gasteiger partial charge on any atom is 0.263 e. The third-order valence-electron chi connectivity index (χ3n) is 4.28. The Kier molecular flexibility index (Phi) is 3.03. The lowest BCUT2D eigenvalue weighted by molar-refractivity contribution is 0.978. The van der Waals surface area contributed by atoms with Crippen molar-refractivity contribution in [3.05, 3.63) is 72.3 Å². The van der Waals surface area contributed by atoms with Crippen LogP contribution in [0.25, 0.3) is 33.3 Å². The van der Waals surface area contributed by atoms with Crippen molar-refractivity contribution in [2.75, 3.05) is 5.43 Å². The van der Waals surface area contributed by atoms with E-state index in [-0.39, 0.29) is 0 Å². The molecule has 1 aliphatic rings. The molecule has 1 heterocycles. The maximum absolute atomic E-state index is 4.63. The monoisotopic (exact) mass is 323 g/mol. The molecule has 4 aromatic rings. The second kappa shape index (κ2) is 5.49. The largest absolute Gasteiger partial charge is 0.263 e. The number of aromatic nitrogens is 3. The smallest absolute Gasteiger partial charge is 0.244 e. The van der Waals surface area contributed by atoms with Gasteiger partial charge in [-0.15, -0.1) is 10.2 Å². The Bertz CT molecular complexity index is 1110. The number of hydrogen-bond donors (Lipinski definition) is 1. The van der Waals surface area contributed by atoms with Gasteiger partial charge in [0.1, 0.15) is 11.4 Å². The van der Waals surface area contributed by atoms with Crippen LogP contribution in [0.15, 0.2) is 71.8 Å². The summed E-state index contributed by atoms with van der Waals surface area (Å²) in [5.41, 5.74) is 7.71. The van der Waals surface area contributed by atoms with Gasteiger partial charge in [0.05, 0.1) is 6.21 Å². The van der Waals surface area contributed by atoms with Crippen LogP contribution >= 0.6 is 0 Å². The first-order valence-electron chi connectivity index (χ1n) is 8.01. The van der Waals surface area contributed by atoms with Crippen LogP contribution < -0.4 is 5.43 Å². The van der Waals surface area contributed by atoms with E-state index in [1.54, 1.807) is 6.21 Å². The third-order valence-corrected chi connectivity index (χ3v) is 4.28. The molecule has 0 radical (unpaired) electrons. The Labute approximate surface area is 144 Å². The van der Waals surface area contributed by atoms with Crippen molar-refractivity contribution in [3.63, 3.8) is 0 Å². The molecule has 0 aliphatic heterocycles. The molecule has 0 spiro atoms. The molecule has 1 aliphatic carbocycles. The zero-order valence-electron chi connectivity index (χ0n) is 13.2. The van der Waals surface area contributed by atoms with Gasteiger partial charge < -0.3 is 0 Å². The molecule has 0 unspecified atom stereocenters. The van der Waals surface area contributed by atoms with E-state index < -0.39 is 0 Å². The Morgan fingerprint density at radius 3 is 2.32 bits per heavy atom. The average Bonchev–Trinajstić information content (AvgIpc) is 2.99. The number of nitrogens with zero attached hydrogens (tertiary/aromatic N) is 4. The molecule has 5 heteroatoms. The van der Waals surface area contributed by atoms with Crippen LogP contribution in [0.3, 0.4) is 0 Å². The maximum atomic E-state index is 4.63. The SMILES string of the molecule is C(=NNc1nnc2c(n1)-c1cccc3cccc-2c13)c1ccccc1. The van der Waals surface area contributed by atoms with Gasteiger partial charge in [-0.05, 0) is 10.9 Å². The molecular formula is C20H13N5. The van der Waals surface area contributed by atoms with Crippen LogP contribution in [-0.4, -0.2) is 21.4 Å². The standard InChI is InChI=1S/C20H13N5/c1-2-6-13(7-3-1)12-21-24-20-22-18-15-10-4-8-14-9-5-11-16(17(14)15)19(18)23-25-20/h1-12H,(H,22,24,25). The van der Waals surface area contributed by atoms with E-state index in [0.717, 1.165) is 28.1 Å². The summed E-state index contributed by atoms with van der Waals surface area (Å²) in [6.07, 6.45) is 1.73. The van der Waals surface area contributed by atoms with Crippen molar-refractivity contribution in [3.8, 4) is 22.5 Å². The molecular weight excluding hydrogens is 310 g/mol. The molecule has 0 fully saturated rings. The van der Waals surface area contributed by atoms with Crippen LogP contribution in [0.5, 0.6) is 0 Å². The fourth-order valence-electron chi connectivity index (χ4n) is 3.18. The second-order valence-corrected chi connectivity index (χ2v) is 5.82. The molecule has 0 saturated heterocycles. The van der Waals surface area contributed by atoms with E-state index >= 15 is 0 Å². The Hall–Kier alpha value is -3.60. The van der Waals surface area contributed by atoms with Crippen molar-refractivity contribution < 1.29 is 0 Å². The highest BCUT2D eigenvalue weighted by atomic mass is 15.4. The van der Waals surface area contributed by atoms with Crippen LogP contribution in [0, 0.1) is 0 Å². The topological polar surface area (TPSA) is 63.1 Å². The van der Waals surface area contributed by atoms with Crippen LogP contribution in [0.1, 0.15) is 5.56 Å². The van der Waals surface area contributed by atoms with Gasteiger partial charge in [0, 0.05) is 16.5 Å². The van der Waals surface area contributed by atoms with Gasteiger partial charge in [0.15, 0.2) is 0 Å². The van der Waals surface area contributed by atoms with Gasteiger partial charge >= 0.3 is 0 Å². The predicted octanol–water partition coefficient (Wildman–Crippen LogP) is 4.12. The Morgan fingerprint density at radius 1 is 0.760 bits per heavy atom. The van der Waals surface area contributed by atoms with E-state index in [1.165, 1.54) is 10.8 Å². The van der Waals surface area contributed by atoms with E-state index in [4.69, 9.17) is 0 Å². The van der Waals surface area contributed by atoms with Crippen LogP contribution in [0.2, 0.25) is 0 Å². The lowest BCUT2D eigenvalue weighted by Crippen LogP contribution is -2.01. The Balaban J connectivity index is 1.51. The highest BCUT2D eigenvalue weighted by Crippen LogP contribution is 2.44. The molecule has 1 aromatic heterocycles. The number of hydrazone groups is 1. The minimum atomic E-state index is 0.385. The summed E-state index contributed by atoms with van der Waals surface area (Å²) in [4.78, 5) is 4.63. The van der Waals surface area contributed by atoms with Gasteiger partial charge in [0.2, 0.25) is 0 Å². The highest BCUT2D eigenvalue weighted by molar-refractivity contribution is 6.13. The molecule has 0 atom stereocenters. The van der Waals surface area contributed by atoms with Gasteiger partial charge in [-0.2, -0.15) is 5.10 Å². The van der Waals surface area contributed by atoms with Crippen LogP contribution in [-0.2, 0) is 0 Å². The van der Waals surface area contributed by atoms with Crippen molar-refractivity contribution >= 4 is 22.9 Å². The summed E-state index contributed by atoms with van der Waals surface area (Å²) in [6.45, 7) is 0. The summed E-state index contributed by atoms with van der Waals surface area (Å²) in [5, 5.41) is 15.1. The summed E-state index contributed by atoms with van der Waals surface area (Å²) in [6, 6.07) is 22.3. The van der Waals surface area contributed by atoms with Gasteiger partial charge in [-0.1, -0.05) is 66.7 Å². The van der Waals surface area contributed by atoms with Gasteiger partial charge in [-0.25, -0.2) is 10.4 Å². The summed E-state index contributed by atoms with van der Waals surface area (Å²) >= 11 is 0. The third kappa shape index (κ3) is 2.25. The molecule has 0 amide bonds. The number of nitrogens with one attached hydrogen (secondary N) is 1. The number of anilines is 1. The first kappa shape index (κ1) is 13.8. The minimum Gasteiger partial charge on any atom is -0.244 e. The van der Waals surface area contributed by atoms with E-state index in [2.05, 4.69) is 50.0 Å². The molecule has 25 heavy (non-hydrogen) atoms. The van der Waals surface area contributed by atoms with E-state index in [9.17, 15) is 0 Å². The molecule has 5 nitrogen and oxygen atoms in total. The lowest BCUT2D eigenvalue weighted by Gasteiger charge is -2.02. The summed E-state index contributed by atoms with van der Waals surface area (Å²) < 4.78 is 0. The number of fused-ring (bicyclic) bond motifs is 3. The molecule has 0 bridgehead atoms. The lowest BCUT2D eigenvalue weighted by atomic mass is 10.0. The van der Waals surface area contributed by atoms with Crippen molar-refractivity contribution in [2.24, 2.45) is 5.10 Å². The molecule has 118 valence electrons. The predicted molar refractivity (Wildman–Crippen MR) is 99.4 cm³/mol. The number of hydrogen-bond acceptors (Lipinski definition) is 5. The van der Waals surface area contributed by atoms with E-state index in [1.807, 2.05) is 42.5 Å².